The first-order valence-electron chi connectivity index (χ1n) is 5.72. The number of halogens is 1. The molecule has 0 aromatic carbocycles. The molecule has 0 amide bonds. The number of nitrogens with one attached hydrogen (secondary N) is 1. The van der Waals surface area contributed by atoms with Crippen LogP contribution in [0.2, 0.25) is 0 Å². The molecular weight excluding hydrogens is 214 g/mol. The third-order valence-corrected chi connectivity index (χ3v) is 2.65. The van der Waals surface area contributed by atoms with Crippen molar-refractivity contribution in [3.8, 4) is 0 Å². The van der Waals surface area contributed by atoms with Crippen molar-refractivity contribution >= 4 is 18.4 Å². The lowest BCUT2D eigenvalue weighted by molar-refractivity contribution is -0.143. The number of carbonyl (C=O) groups is 1. The molecule has 1 atom stereocenters. The molecule has 0 radical (unpaired) electrons. The molecule has 1 heterocycles. The van der Waals surface area contributed by atoms with Crippen molar-refractivity contribution in [1.82, 2.24) is 5.32 Å². The number of hydrogen-bond acceptors (Lipinski definition) is 3. The van der Waals surface area contributed by atoms with Crippen molar-refractivity contribution in [2.75, 3.05) is 13.2 Å². The molecule has 1 unspecified atom stereocenters. The first-order valence-corrected chi connectivity index (χ1v) is 5.72. The molecule has 0 aromatic heterocycles. The summed E-state index contributed by atoms with van der Waals surface area (Å²) >= 11 is 0. The Morgan fingerprint density at radius 1 is 1.47 bits per heavy atom. The van der Waals surface area contributed by atoms with Crippen molar-refractivity contribution in [1.29, 1.82) is 0 Å². The summed E-state index contributed by atoms with van der Waals surface area (Å²) in [6.07, 6.45) is 6.51. The Morgan fingerprint density at radius 3 is 2.87 bits per heavy atom. The van der Waals surface area contributed by atoms with E-state index >= 15 is 0 Å². The lowest BCUT2D eigenvalue weighted by Gasteiger charge is -2.08. The zero-order chi connectivity index (χ0) is 10.2. The average molecular weight is 236 g/mol. The highest BCUT2D eigenvalue weighted by molar-refractivity contribution is 5.85. The van der Waals surface area contributed by atoms with E-state index < -0.39 is 0 Å². The fourth-order valence-corrected chi connectivity index (χ4v) is 1.90. The Labute approximate surface area is 98.4 Å². The highest BCUT2D eigenvalue weighted by Crippen LogP contribution is 2.12. The van der Waals surface area contributed by atoms with Gasteiger partial charge in [0.05, 0.1) is 6.61 Å². The first kappa shape index (κ1) is 14.7. The van der Waals surface area contributed by atoms with Gasteiger partial charge < -0.3 is 10.1 Å². The molecule has 1 saturated heterocycles. The van der Waals surface area contributed by atoms with Crippen LogP contribution in [0.1, 0.15) is 45.4 Å². The molecule has 0 aliphatic carbocycles. The van der Waals surface area contributed by atoms with Gasteiger partial charge in [0.2, 0.25) is 0 Å². The van der Waals surface area contributed by atoms with E-state index in [0.717, 1.165) is 12.8 Å². The molecule has 1 aliphatic rings. The van der Waals surface area contributed by atoms with Gasteiger partial charge in [-0.05, 0) is 39.2 Å². The number of ether oxygens (including phenoxy) is 1. The van der Waals surface area contributed by atoms with Crippen molar-refractivity contribution in [3.63, 3.8) is 0 Å². The number of unbranched alkanes of at least 4 members (excludes halogenated alkanes) is 1. The van der Waals surface area contributed by atoms with Gasteiger partial charge in [-0.1, -0.05) is 6.42 Å². The number of carbonyl (C=O) groups excluding carboxylic acids is 1. The predicted molar refractivity (Wildman–Crippen MR) is 63.4 cm³/mol. The van der Waals surface area contributed by atoms with Crippen LogP contribution >= 0.6 is 12.4 Å². The summed E-state index contributed by atoms with van der Waals surface area (Å²) < 4.78 is 4.86. The highest BCUT2D eigenvalue weighted by atomic mass is 35.5. The largest absolute Gasteiger partial charge is 0.466 e. The van der Waals surface area contributed by atoms with Gasteiger partial charge in [-0.2, -0.15) is 0 Å². The minimum Gasteiger partial charge on any atom is -0.466 e. The quantitative estimate of drug-likeness (QED) is 0.567. The SMILES string of the molecule is CCOC(=O)CCCCC1CCCN1.Cl. The van der Waals surface area contributed by atoms with Crippen LogP contribution in [0.3, 0.4) is 0 Å². The summed E-state index contributed by atoms with van der Waals surface area (Å²) in [4.78, 5) is 11.0. The summed E-state index contributed by atoms with van der Waals surface area (Å²) in [5.41, 5.74) is 0. The normalized spacial score (nSPS) is 19.7. The van der Waals surface area contributed by atoms with Gasteiger partial charge >= 0.3 is 5.97 Å². The highest BCUT2D eigenvalue weighted by Gasteiger charge is 2.13. The third kappa shape index (κ3) is 6.74. The van der Waals surface area contributed by atoms with E-state index in [9.17, 15) is 4.79 Å². The molecule has 3 nitrogen and oxygen atoms in total. The lowest BCUT2D eigenvalue weighted by atomic mass is 10.1. The molecule has 0 bridgehead atoms. The molecule has 0 aromatic rings. The second kappa shape index (κ2) is 8.98. The van der Waals surface area contributed by atoms with Gasteiger partial charge in [0.1, 0.15) is 0 Å². The van der Waals surface area contributed by atoms with Crippen LogP contribution in [0.4, 0.5) is 0 Å². The maximum Gasteiger partial charge on any atom is 0.305 e. The van der Waals surface area contributed by atoms with Gasteiger partial charge in [0.25, 0.3) is 0 Å². The summed E-state index contributed by atoms with van der Waals surface area (Å²) in [6.45, 7) is 3.52. The van der Waals surface area contributed by atoms with Gasteiger partial charge in [-0.15, -0.1) is 12.4 Å². The molecular formula is C11H22ClNO2. The van der Waals surface area contributed by atoms with Crippen LogP contribution in [0.15, 0.2) is 0 Å². The number of rotatable bonds is 6. The Hall–Kier alpha value is -0.280. The zero-order valence-electron chi connectivity index (χ0n) is 9.46. The van der Waals surface area contributed by atoms with Crippen molar-refractivity contribution in [2.45, 2.75) is 51.5 Å². The van der Waals surface area contributed by atoms with Crippen molar-refractivity contribution in [3.05, 3.63) is 0 Å². The Balaban J connectivity index is 0.00000196. The second-order valence-electron chi connectivity index (χ2n) is 3.84. The Bertz CT molecular complexity index is 170. The number of hydrogen-bond donors (Lipinski definition) is 1. The van der Waals surface area contributed by atoms with Crippen LogP contribution in [0.25, 0.3) is 0 Å². The number of esters is 1. The van der Waals surface area contributed by atoms with Crippen LogP contribution in [0, 0.1) is 0 Å². The lowest BCUT2D eigenvalue weighted by Crippen LogP contribution is -2.20. The first-order chi connectivity index (χ1) is 6.83. The van der Waals surface area contributed by atoms with E-state index in [4.69, 9.17) is 4.74 Å². The summed E-state index contributed by atoms with van der Waals surface area (Å²) in [5, 5.41) is 3.45. The third-order valence-electron chi connectivity index (χ3n) is 2.65. The van der Waals surface area contributed by atoms with Crippen molar-refractivity contribution in [2.24, 2.45) is 0 Å². The predicted octanol–water partition coefficient (Wildman–Crippen LogP) is 2.28. The summed E-state index contributed by atoms with van der Waals surface area (Å²) in [6, 6.07) is 0.706. The summed E-state index contributed by atoms with van der Waals surface area (Å²) in [5.74, 6) is -0.0492. The van der Waals surface area contributed by atoms with E-state index in [1.807, 2.05) is 6.92 Å². The topological polar surface area (TPSA) is 38.3 Å². The van der Waals surface area contributed by atoms with Crippen LogP contribution < -0.4 is 5.32 Å². The fourth-order valence-electron chi connectivity index (χ4n) is 1.90. The van der Waals surface area contributed by atoms with Crippen LogP contribution in [0.5, 0.6) is 0 Å². The molecule has 4 heteroatoms. The molecule has 15 heavy (non-hydrogen) atoms. The van der Waals surface area contributed by atoms with Gasteiger partial charge in [0, 0.05) is 12.5 Å². The fraction of sp³-hybridized carbons (Fsp3) is 0.909. The molecule has 1 N–H and O–H groups in total. The van der Waals surface area contributed by atoms with E-state index in [1.165, 1.54) is 25.8 Å². The zero-order valence-corrected chi connectivity index (χ0v) is 10.3. The van der Waals surface area contributed by atoms with E-state index in [-0.39, 0.29) is 18.4 Å². The summed E-state index contributed by atoms with van der Waals surface area (Å²) in [7, 11) is 0. The molecule has 1 aliphatic heterocycles. The van der Waals surface area contributed by atoms with Gasteiger partial charge in [-0.3, -0.25) is 4.79 Å². The van der Waals surface area contributed by atoms with Gasteiger partial charge in [-0.25, -0.2) is 0 Å². The molecule has 1 fully saturated rings. The molecule has 90 valence electrons. The maximum absolute atomic E-state index is 11.0. The van der Waals surface area contributed by atoms with Crippen LogP contribution in [-0.2, 0) is 9.53 Å². The minimum absolute atomic E-state index is 0. The van der Waals surface area contributed by atoms with Crippen LogP contribution in [-0.4, -0.2) is 25.2 Å². The van der Waals surface area contributed by atoms with E-state index in [0.29, 0.717) is 19.1 Å². The standard InChI is InChI=1S/C11H21NO2.ClH/c1-2-14-11(13)8-4-3-6-10-7-5-9-12-10;/h10,12H,2-9H2,1H3;1H. The van der Waals surface area contributed by atoms with E-state index in [2.05, 4.69) is 5.32 Å². The molecule has 0 spiro atoms. The van der Waals surface area contributed by atoms with Crippen molar-refractivity contribution < 1.29 is 9.53 Å². The second-order valence-corrected chi connectivity index (χ2v) is 3.84. The minimum atomic E-state index is -0.0492. The van der Waals surface area contributed by atoms with Gasteiger partial charge in [0.15, 0.2) is 0 Å². The Kier molecular flexibility index (Phi) is 8.82. The molecule has 0 saturated carbocycles. The van der Waals surface area contributed by atoms with E-state index in [1.54, 1.807) is 0 Å². The monoisotopic (exact) mass is 235 g/mol. The smallest absolute Gasteiger partial charge is 0.305 e. The Morgan fingerprint density at radius 2 is 2.27 bits per heavy atom. The molecule has 1 rings (SSSR count). The average Bonchev–Trinajstić information content (AvgIpc) is 2.65. The maximum atomic E-state index is 11.0.